The first-order valence-corrected chi connectivity index (χ1v) is 7.75. The molecule has 2 fully saturated rings. The molecule has 0 atom stereocenters. The third-order valence-corrected chi connectivity index (χ3v) is 4.78. The number of nitrogens with zero attached hydrogens (tertiary/aromatic N) is 2. The molecule has 110 valence electrons. The van der Waals surface area contributed by atoms with Crippen LogP contribution in [0.3, 0.4) is 0 Å². The normalized spacial score (nSPS) is 20.9. The summed E-state index contributed by atoms with van der Waals surface area (Å²) in [6.07, 6.45) is 7.22. The molecule has 0 unspecified atom stereocenters. The summed E-state index contributed by atoms with van der Waals surface area (Å²) in [5.41, 5.74) is 0.807. The Hall–Kier alpha value is -1.50. The van der Waals surface area contributed by atoms with Crippen LogP contribution in [0, 0.1) is 12.3 Å². The zero-order valence-corrected chi connectivity index (χ0v) is 12.8. The van der Waals surface area contributed by atoms with E-state index in [2.05, 4.69) is 10.8 Å². The molecule has 0 aromatic heterocycles. The van der Waals surface area contributed by atoms with Crippen molar-refractivity contribution in [3.05, 3.63) is 34.9 Å². The monoisotopic (exact) mass is 302 g/mol. The van der Waals surface area contributed by atoms with Crippen molar-refractivity contribution in [1.29, 1.82) is 0 Å². The molecule has 0 bridgehead atoms. The van der Waals surface area contributed by atoms with Gasteiger partial charge in [-0.3, -0.25) is 9.69 Å². The minimum atomic E-state index is -0.293. The molecular weight excluding hydrogens is 284 g/mol. The van der Waals surface area contributed by atoms with Gasteiger partial charge in [-0.05, 0) is 30.5 Å². The highest BCUT2D eigenvalue weighted by Gasteiger charge is 2.53. The second-order valence-electron chi connectivity index (χ2n) is 5.86. The van der Waals surface area contributed by atoms with Crippen LogP contribution in [0.5, 0.6) is 0 Å². The third-order valence-electron chi connectivity index (χ3n) is 4.53. The molecule has 1 amide bonds. The predicted octanol–water partition coefficient (Wildman–Crippen LogP) is 2.15. The van der Waals surface area contributed by atoms with Gasteiger partial charge in [0, 0.05) is 31.2 Å². The summed E-state index contributed by atoms with van der Waals surface area (Å²) in [6, 6.07) is 7.72. The Morgan fingerprint density at radius 1 is 1.19 bits per heavy atom. The number of piperazine rings is 1. The summed E-state index contributed by atoms with van der Waals surface area (Å²) in [7, 11) is 0. The minimum Gasteiger partial charge on any atom is -0.339 e. The number of carbonyl (C=O) groups is 1. The van der Waals surface area contributed by atoms with Crippen molar-refractivity contribution < 1.29 is 4.79 Å². The van der Waals surface area contributed by atoms with Crippen molar-refractivity contribution in [3.8, 4) is 12.3 Å². The van der Waals surface area contributed by atoms with Gasteiger partial charge in [0.05, 0.1) is 12.0 Å². The zero-order valence-electron chi connectivity index (χ0n) is 12.0. The molecule has 1 saturated carbocycles. The summed E-state index contributed by atoms with van der Waals surface area (Å²) < 4.78 is 0. The first-order valence-electron chi connectivity index (χ1n) is 7.37. The fraction of sp³-hybridized carbons (Fsp3) is 0.471. The van der Waals surface area contributed by atoms with Crippen molar-refractivity contribution in [2.24, 2.45) is 0 Å². The first kappa shape index (κ1) is 14.4. The maximum Gasteiger partial charge on any atom is 0.233 e. The summed E-state index contributed by atoms with van der Waals surface area (Å²) in [4.78, 5) is 17.1. The van der Waals surface area contributed by atoms with E-state index in [1.165, 1.54) is 0 Å². The molecule has 0 radical (unpaired) electrons. The number of amides is 1. The Bertz CT molecular complexity index is 563. The van der Waals surface area contributed by atoms with Crippen LogP contribution in [0.2, 0.25) is 5.02 Å². The van der Waals surface area contributed by atoms with Gasteiger partial charge in [-0.15, -0.1) is 6.42 Å². The van der Waals surface area contributed by atoms with Crippen LogP contribution in [-0.2, 0) is 10.2 Å². The highest BCUT2D eigenvalue weighted by molar-refractivity contribution is 6.30. The predicted molar refractivity (Wildman–Crippen MR) is 84.2 cm³/mol. The molecule has 21 heavy (non-hydrogen) atoms. The average molecular weight is 303 g/mol. The van der Waals surface area contributed by atoms with Crippen LogP contribution in [0.1, 0.15) is 18.4 Å². The number of hydrogen-bond donors (Lipinski definition) is 0. The molecular formula is C17H19ClN2O. The van der Waals surface area contributed by atoms with Gasteiger partial charge in [0.25, 0.3) is 0 Å². The molecule has 1 aromatic rings. The molecule has 4 heteroatoms. The number of hydrogen-bond acceptors (Lipinski definition) is 2. The van der Waals surface area contributed by atoms with Crippen molar-refractivity contribution >= 4 is 17.5 Å². The SMILES string of the molecule is C#CCN1CCN(C(=O)C2(c3ccc(Cl)cc3)CC2)CC1. The summed E-state index contributed by atoms with van der Waals surface area (Å²) >= 11 is 5.94. The van der Waals surface area contributed by atoms with Crippen LogP contribution < -0.4 is 0 Å². The smallest absolute Gasteiger partial charge is 0.233 e. The van der Waals surface area contributed by atoms with E-state index >= 15 is 0 Å². The van der Waals surface area contributed by atoms with Crippen molar-refractivity contribution in [2.75, 3.05) is 32.7 Å². The maximum absolute atomic E-state index is 12.9. The van der Waals surface area contributed by atoms with Crippen LogP contribution in [0.15, 0.2) is 24.3 Å². The molecule has 1 saturated heterocycles. The highest BCUT2D eigenvalue weighted by Crippen LogP contribution is 2.49. The third kappa shape index (κ3) is 2.79. The largest absolute Gasteiger partial charge is 0.339 e. The Labute approximate surface area is 130 Å². The van der Waals surface area contributed by atoms with Gasteiger partial charge in [0.15, 0.2) is 0 Å². The number of benzene rings is 1. The topological polar surface area (TPSA) is 23.6 Å². The van der Waals surface area contributed by atoms with E-state index in [9.17, 15) is 4.79 Å². The Morgan fingerprint density at radius 2 is 1.81 bits per heavy atom. The molecule has 3 nitrogen and oxygen atoms in total. The van der Waals surface area contributed by atoms with E-state index < -0.39 is 0 Å². The Balaban J connectivity index is 1.68. The van der Waals surface area contributed by atoms with Crippen LogP contribution in [0.4, 0.5) is 0 Å². The summed E-state index contributed by atoms with van der Waals surface area (Å²) in [5, 5.41) is 0.713. The molecule has 0 N–H and O–H groups in total. The summed E-state index contributed by atoms with van der Waals surface area (Å²) in [6.45, 7) is 3.95. The standard InChI is InChI=1S/C17H19ClN2O/c1-2-9-19-10-12-20(13-11-19)16(21)17(7-8-17)14-3-5-15(18)6-4-14/h1,3-6H,7-13H2. The van der Waals surface area contributed by atoms with Gasteiger partial charge < -0.3 is 4.90 Å². The fourth-order valence-electron chi connectivity index (χ4n) is 3.06. The van der Waals surface area contributed by atoms with E-state index in [1.807, 2.05) is 29.2 Å². The van der Waals surface area contributed by atoms with E-state index in [1.54, 1.807) is 0 Å². The van der Waals surface area contributed by atoms with E-state index in [0.717, 1.165) is 44.6 Å². The van der Waals surface area contributed by atoms with E-state index in [4.69, 9.17) is 18.0 Å². The second-order valence-corrected chi connectivity index (χ2v) is 6.30. The van der Waals surface area contributed by atoms with Crippen LogP contribution in [0.25, 0.3) is 0 Å². The van der Waals surface area contributed by atoms with Crippen molar-refractivity contribution in [2.45, 2.75) is 18.3 Å². The minimum absolute atomic E-state index is 0.269. The molecule has 1 heterocycles. The highest BCUT2D eigenvalue weighted by atomic mass is 35.5. The zero-order chi connectivity index (χ0) is 14.9. The lowest BCUT2D eigenvalue weighted by molar-refractivity contribution is -0.135. The van der Waals surface area contributed by atoms with Gasteiger partial charge in [0.2, 0.25) is 5.91 Å². The summed E-state index contributed by atoms with van der Waals surface area (Å²) in [5.74, 6) is 2.93. The number of rotatable bonds is 3. The van der Waals surface area contributed by atoms with Gasteiger partial charge >= 0.3 is 0 Å². The second kappa shape index (κ2) is 5.71. The van der Waals surface area contributed by atoms with Crippen molar-refractivity contribution in [3.63, 3.8) is 0 Å². The number of terminal acetylenes is 1. The Kier molecular flexibility index (Phi) is 3.93. The Morgan fingerprint density at radius 3 is 2.33 bits per heavy atom. The number of carbonyl (C=O) groups excluding carboxylic acids is 1. The lowest BCUT2D eigenvalue weighted by Gasteiger charge is -2.36. The first-order chi connectivity index (χ1) is 10.2. The lowest BCUT2D eigenvalue weighted by atomic mass is 9.94. The lowest BCUT2D eigenvalue weighted by Crippen LogP contribution is -2.51. The molecule has 2 aliphatic rings. The maximum atomic E-state index is 12.9. The van der Waals surface area contributed by atoms with Gasteiger partial charge in [-0.1, -0.05) is 29.7 Å². The van der Waals surface area contributed by atoms with Gasteiger partial charge in [-0.25, -0.2) is 0 Å². The van der Waals surface area contributed by atoms with Gasteiger partial charge in [0.1, 0.15) is 0 Å². The average Bonchev–Trinajstić information content (AvgIpc) is 3.30. The van der Waals surface area contributed by atoms with Gasteiger partial charge in [-0.2, -0.15) is 0 Å². The molecule has 1 aliphatic heterocycles. The molecule has 1 aliphatic carbocycles. The fourth-order valence-corrected chi connectivity index (χ4v) is 3.19. The van der Waals surface area contributed by atoms with Crippen LogP contribution in [-0.4, -0.2) is 48.4 Å². The number of halogens is 1. The van der Waals surface area contributed by atoms with E-state index in [-0.39, 0.29) is 11.3 Å². The van der Waals surface area contributed by atoms with E-state index in [0.29, 0.717) is 11.6 Å². The molecule has 1 aromatic carbocycles. The van der Waals surface area contributed by atoms with Crippen LogP contribution >= 0.6 is 11.6 Å². The van der Waals surface area contributed by atoms with Crippen molar-refractivity contribution in [1.82, 2.24) is 9.80 Å². The molecule has 0 spiro atoms. The quantitative estimate of drug-likeness (QED) is 0.799. The molecule has 3 rings (SSSR count).